The molecule has 0 atom stereocenters. The summed E-state index contributed by atoms with van der Waals surface area (Å²) in [5.41, 5.74) is 2.96. The summed E-state index contributed by atoms with van der Waals surface area (Å²) in [6.45, 7) is 4.55. The fourth-order valence-electron chi connectivity index (χ4n) is 3.52. The maximum atomic E-state index is 12.6. The lowest BCUT2D eigenvalue weighted by atomic mass is 9.88. The van der Waals surface area contributed by atoms with Crippen molar-refractivity contribution in [1.82, 2.24) is 5.32 Å². The van der Waals surface area contributed by atoms with Crippen molar-refractivity contribution in [2.45, 2.75) is 39.0 Å². The maximum absolute atomic E-state index is 12.6. The van der Waals surface area contributed by atoms with Crippen LogP contribution in [0.4, 0.5) is 5.69 Å². The highest BCUT2D eigenvalue weighted by Crippen LogP contribution is 2.30. The highest BCUT2D eigenvalue weighted by atomic mass is 16.2. The molecule has 0 radical (unpaired) electrons. The Kier molecular flexibility index (Phi) is 4.57. The molecule has 0 aliphatic carbocycles. The van der Waals surface area contributed by atoms with Gasteiger partial charge in [0.05, 0.1) is 0 Å². The molecule has 0 saturated carbocycles. The molecule has 1 fully saturated rings. The van der Waals surface area contributed by atoms with Crippen LogP contribution in [0.5, 0.6) is 0 Å². The molecule has 2 aliphatic heterocycles. The third-order valence-corrected chi connectivity index (χ3v) is 4.80. The van der Waals surface area contributed by atoms with Crippen molar-refractivity contribution in [3.8, 4) is 0 Å². The fourth-order valence-corrected chi connectivity index (χ4v) is 3.52. The number of anilines is 1. The third kappa shape index (κ3) is 2.93. The number of Topliss-reactive ketones (excluding diaryl/α,β-unsaturated/α-hetero) is 1. The van der Waals surface area contributed by atoms with Gasteiger partial charge in [0.15, 0.2) is 5.78 Å². The molecule has 0 unspecified atom stereocenters. The summed E-state index contributed by atoms with van der Waals surface area (Å²) in [6.07, 6.45) is 4.31. The van der Waals surface area contributed by atoms with Crippen LogP contribution in [0.25, 0.3) is 0 Å². The van der Waals surface area contributed by atoms with E-state index in [1.54, 1.807) is 0 Å². The highest BCUT2D eigenvalue weighted by Gasteiger charge is 2.25. The number of nitrogens with one attached hydrogen (secondary N) is 1. The van der Waals surface area contributed by atoms with Crippen molar-refractivity contribution in [2.75, 3.05) is 24.5 Å². The first kappa shape index (κ1) is 15.2. The molecule has 4 nitrogen and oxygen atoms in total. The predicted molar refractivity (Wildman–Crippen MR) is 87.3 cm³/mol. The minimum Gasteiger partial charge on any atom is -0.317 e. The van der Waals surface area contributed by atoms with Crippen LogP contribution in [0.1, 0.15) is 48.5 Å². The van der Waals surface area contributed by atoms with Crippen molar-refractivity contribution in [1.29, 1.82) is 0 Å². The van der Waals surface area contributed by atoms with Crippen LogP contribution < -0.4 is 10.2 Å². The second-order valence-electron chi connectivity index (χ2n) is 6.23. The number of benzene rings is 1. The van der Waals surface area contributed by atoms with Gasteiger partial charge in [-0.05, 0) is 62.5 Å². The van der Waals surface area contributed by atoms with Gasteiger partial charge in [0.1, 0.15) is 0 Å². The monoisotopic (exact) mass is 300 g/mol. The Morgan fingerprint density at radius 1 is 1.27 bits per heavy atom. The molecule has 0 aromatic heterocycles. The number of aryl methyl sites for hydroxylation is 1. The molecule has 22 heavy (non-hydrogen) atoms. The predicted octanol–water partition coefficient (Wildman–Crippen LogP) is 2.56. The van der Waals surface area contributed by atoms with E-state index in [9.17, 15) is 9.59 Å². The zero-order valence-corrected chi connectivity index (χ0v) is 13.2. The zero-order valence-electron chi connectivity index (χ0n) is 13.2. The Morgan fingerprint density at radius 2 is 2.05 bits per heavy atom. The molecule has 1 N–H and O–H groups in total. The summed E-state index contributed by atoms with van der Waals surface area (Å²) >= 11 is 0. The van der Waals surface area contributed by atoms with Crippen LogP contribution in [0.3, 0.4) is 0 Å². The number of fused-ring (bicyclic) bond motifs is 1. The minimum absolute atomic E-state index is 0.149. The van der Waals surface area contributed by atoms with Crippen molar-refractivity contribution in [3.63, 3.8) is 0 Å². The average molecular weight is 300 g/mol. The molecule has 1 amide bonds. The van der Waals surface area contributed by atoms with Gasteiger partial charge in [0.25, 0.3) is 0 Å². The van der Waals surface area contributed by atoms with E-state index in [1.807, 2.05) is 30.0 Å². The summed E-state index contributed by atoms with van der Waals surface area (Å²) in [5.74, 6) is 0.581. The largest absolute Gasteiger partial charge is 0.317 e. The lowest BCUT2D eigenvalue weighted by molar-refractivity contribution is -0.118. The van der Waals surface area contributed by atoms with E-state index < -0.39 is 0 Å². The summed E-state index contributed by atoms with van der Waals surface area (Å²) in [4.78, 5) is 26.6. The van der Waals surface area contributed by atoms with Crippen LogP contribution in [-0.2, 0) is 11.2 Å². The summed E-state index contributed by atoms with van der Waals surface area (Å²) in [7, 11) is 0. The van der Waals surface area contributed by atoms with Gasteiger partial charge in [-0.15, -0.1) is 0 Å². The van der Waals surface area contributed by atoms with Crippen LogP contribution in [-0.4, -0.2) is 31.3 Å². The highest BCUT2D eigenvalue weighted by molar-refractivity contribution is 6.00. The van der Waals surface area contributed by atoms with Gasteiger partial charge in [0, 0.05) is 30.1 Å². The first-order valence-electron chi connectivity index (χ1n) is 8.39. The Hall–Kier alpha value is -1.68. The van der Waals surface area contributed by atoms with Crippen LogP contribution in [0, 0.1) is 5.92 Å². The molecular weight excluding hydrogens is 276 g/mol. The zero-order chi connectivity index (χ0) is 15.5. The molecule has 1 aromatic carbocycles. The summed E-state index contributed by atoms with van der Waals surface area (Å²) < 4.78 is 0. The Balaban J connectivity index is 1.84. The quantitative estimate of drug-likeness (QED) is 0.873. The van der Waals surface area contributed by atoms with Gasteiger partial charge in [-0.1, -0.05) is 6.92 Å². The minimum atomic E-state index is 0.149. The lowest BCUT2D eigenvalue weighted by Gasteiger charge is -2.30. The molecule has 1 aromatic rings. The molecule has 0 spiro atoms. The van der Waals surface area contributed by atoms with Crippen molar-refractivity contribution < 1.29 is 9.59 Å². The number of carbonyl (C=O) groups excluding carboxylic acids is 2. The van der Waals surface area contributed by atoms with Crippen LogP contribution >= 0.6 is 0 Å². The third-order valence-electron chi connectivity index (χ3n) is 4.80. The molecule has 0 bridgehead atoms. The number of hydrogen-bond acceptors (Lipinski definition) is 3. The van der Waals surface area contributed by atoms with Crippen molar-refractivity contribution >= 4 is 17.4 Å². The number of hydrogen-bond donors (Lipinski definition) is 1. The summed E-state index contributed by atoms with van der Waals surface area (Å²) in [6, 6.07) is 5.90. The molecule has 2 heterocycles. The van der Waals surface area contributed by atoms with Gasteiger partial charge in [0.2, 0.25) is 5.91 Å². The number of ketones is 1. The van der Waals surface area contributed by atoms with Gasteiger partial charge < -0.3 is 10.2 Å². The van der Waals surface area contributed by atoms with Gasteiger partial charge in [-0.3, -0.25) is 9.59 Å². The number of piperidine rings is 1. The van der Waals surface area contributed by atoms with Crippen LogP contribution in [0.15, 0.2) is 18.2 Å². The Labute approximate surface area is 131 Å². The van der Waals surface area contributed by atoms with E-state index >= 15 is 0 Å². The molecule has 3 rings (SSSR count). The number of rotatable bonds is 3. The second-order valence-corrected chi connectivity index (χ2v) is 6.23. The molecule has 4 heteroatoms. The number of nitrogens with zero attached hydrogens (tertiary/aromatic N) is 1. The SMILES string of the molecule is CCC(=O)N1CCCc2cc(C(=O)C3CCNCC3)ccc21. The first-order chi connectivity index (χ1) is 10.7. The van der Waals surface area contributed by atoms with E-state index in [1.165, 1.54) is 0 Å². The topological polar surface area (TPSA) is 49.4 Å². The average Bonchev–Trinajstić information content (AvgIpc) is 2.60. The number of amides is 1. The molecule has 2 aliphatic rings. The molecule has 118 valence electrons. The van der Waals surface area contributed by atoms with Gasteiger partial charge in [-0.2, -0.15) is 0 Å². The van der Waals surface area contributed by atoms with Crippen molar-refractivity contribution in [2.24, 2.45) is 5.92 Å². The second kappa shape index (κ2) is 6.61. The molecule has 1 saturated heterocycles. The van der Waals surface area contributed by atoms with E-state index in [0.717, 1.165) is 62.1 Å². The smallest absolute Gasteiger partial charge is 0.226 e. The Morgan fingerprint density at radius 3 is 2.77 bits per heavy atom. The molecular formula is C18H24N2O2. The summed E-state index contributed by atoms with van der Waals surface area (Å²) in [5, 5.41) is 3.30. The van der Waals surface area contributed by atoms with Gasteiger partial charge in [-0.25, -0.2) is 0 Å². The van der Waals surface area contributed by atoms with E-state index in [4.69, 9.17) is 0 Å². The van der Waals surface area contributed by atoms with Crippen LogP contribution in [0.2, 0.25) is 0 Å². The Bertz CT molecular complexity index is 576. The van der Waals surface area contributed by atoms with E-state index in [0.29, 0.717) is 6.42 Å². The van der Waals surface area contributed by atoms with E-state index in [2.05, 4.69) is 5.32 Å². The number of carbonyl (C=O) groups is 2. The standard InChI is InChI=1S/C18H24N2O2/c1-2-17(21)20-11-3-4-14-12-15(5-6-16(14)20)18(22)13-7-9-19-10-8-13/h5-6,12-13,19H,2-4,7-11H2,1H3. The van der Waals surface area contributed by atoms with E-state index in [-0.39, 0.29) is 17.6 Å². The normalized spacial score (nSPS) is 18.9. The first-order valence-corrected chi connectivity index (χ1v) is 8.39. The van der Waals surface area contributed by atoms with Gasteiger partial charge >= 0.3 is 0 Å². The lowest BCUT2D eigenvalue weighted by Crippen LogP contribution is -2.35. The fraction of sp³-hybridized carbons (Fsp3) is 0.556. The maximum Gasteiger partial charge on any atom is 0.226 e. The van der Waals surface area contributed by atoms with Crippen molar-refractivity contribution in [3.05, 3.63) is 29.3 Å².